The molecule has 2 aromatic heterocycles. The molecule has 100 valence electrons. The van der Waals surface area contributed by atoms with Crippen molar-refractivity contribution in [2.24, 2.45) is 0 Å². The second kappa shape index (κ2) is 5.71. The monoisotopic (exact) mass is 285 g/mol. The summed E-state index contributed by atoms with van der Waals surface area (Å²) in [5.41, 5.74) is 2.17. The summed E-state index contributed by atoms with van der Waals surface area (Å²) in [6.07, 6.45) is 6.82. The Balaban J connectivity index is 1.67. The van der Waals surface area contributed by atoms with Crippen LogP contribution in [0.3, 0.4) is 0 Å². The summed E-state index contributed by atoms with van der Waals surface area (Å²) in [7, 11) is 0. The lowest BCUT2D eigenvalue weighted by Crippen LogP contribution is -2.02. The highest BCUT2D eigenvalue weighted by molar-refractivity contribution is 6.29. The van der Waals surface area contributed by atoms with Crippen molar-refractivity contribution in [2.75, 3.05) is 5.32 Å². The van der Waals surface area contributed by atoms with Crippen molar-refractivity contribution in [1.29, 1.82) is 0 Å². The van der Waals surface area contributed by atoms with E-state index in [1.54, 1.807) is 12.4 Å². The quantitative estimate of drug-likeness (QED) is 0.801. The molecule has 0 aliphatic carbocycles. The van der Waals surface area contributed by atoms with E-state index in [0.717, 1.165) is 11.3 Å². The highest BCUT2D eigenvalue weighted by atomic mass is 35.5. The van der Waals surface area contributed by atoms with E-state index in [4.69, 9.17) is 11.6 Å². The van der Waals surface area contributed by atoms with E-state index >= 15 is 0 Å². The van der Waals surface area contributed by atoms with E-state index in [2.05, 4.69) is 20.4 Å². The third-order valence-electron chi connectivity index (χ3n) is 2.78. The van der Waals surface area contributed by atoms with Gasteiger partial charge in [0.2, 0.25) is 0 Å². The standard InChI is InChI=1S/C14H12ClN5/c15-13-9-16-10-14(19-13)17-8-11-2-4-12(5-3-11)20-7-1-6-18-20/h1-7,9-10H,8H2,(H,17,19). The van der Waals surface area contributed by atoms with Crippen LogP contribution in [0.1, 0.15) is 5.56 Å². The zero-order valence-corrected chi connectivity index (χ0v) is 11.3. The zero-order chi connectivity index (χ0) is 13.8. The lowest BCUT2D eigenvalue weighted by atomic mass is 10.2. The van der Waals surface area contributed by atoms with E-state index < -0.39 is 0 Å². The minimum absolute atomic E-state index is 0.379. The van der Waals surface area contributed by atoms with Gasteiger partial charge in [-0.3, -0.25) is 4.98 Å². The van der Waals surface area contributed by atoms with Crippen LogP contribution in [-0.2, 0) is 6.54 Å². The Kier molecular flexibility index (Phi) is 3.60. The number of anilines is 1. The van der Waals surface area contributed by atoms with Gasteiger partial charge in [-0.25, -0.2) is 9.67 Å². The summed E-state index contributed by atoms with van der Waals surface area (Å²) in [4.78, 5) is 8.10. The molecule has 0 bridgehead atoms. The van der Waals surface area contributed by atoms with Crippen LogP contribution in [-0.4, -0.2) is 19.7 Å². The molecule has 0 aliphatic rings. The number of hydrogen-bond donors (Lipinski definition) is 1. The number of nitrogens with zero attached hydrogens (tertiary/aromatic N) is 4. The largest absolute Gasteiger partial charge is 0.365 e. The third kappa shape index (κ3) is 2.95. The average Bonchev–Trinajstić information content (AvgIpc) is 3.00. The molecule has 20 heavy (non-hydrogen) atoms. The number of rotatable bonds is 4. The SMILES string of the molecule is Clc1cncc(NCc2ccc(-n3cccn3)cc2)n1. The number of hydrogen-bond acceptors (Lipinski definition) is 4. The molecule has 1 aromatic carbocycles. The van der Waals surface area contributed by atoms with Gasteiger partial charge in [-0.15, -0.1) is 0 Å². The predicted molar refractivity (Wildman–Crippen MR) is 77.9 cm³/mol. The lowest BCUT2D eigenvalue weighted by Gasteiger charge is -2.07. The van der Waals surface area contributed by atoms with Crippen molar-refractivity contribution in [3.63, 3.8) is 0 Å². The van der Waals surface area contributed by atoms with Gasteiger partial charge in [-0.05, 0) is 23.8 Å². The van der Waals surface area contributed by atoms with E-state index in [9.17, 15) is 0 Å². The molecule has 3 aromatic rings. The number of halogens is 1. The molecule has 1 N–H and O–H groups in total. The number of benzene rings is 1. The van der Waals surface area contributed by atoms with Crippen LogP contribution in [0.2, 0.25) is 5.15 Å². The fourth-order valence-electron chi connectivity index (χ4n) is 1.81. The van der Waals surface area contributed by atoms with Crippen LogP contribution < -0.4 is 5.32 Å². The molecule has 0 saturated carbocycles. The molecular formula is C14H12ClN5. The summed E-state index contributed by atoms with van der Waals surface area (Å²) in [5, 5.41) is 7.74. The maximum absolute atomic E-state index is 5.78. The van der Waals surface area contributed by atoms with E-state index in [0.29, 0.717) is 17.5 Å². The maximum Gasteiger partial charge on any atom is 0.149 e. The molecule has 0 atom stereocenters. The molecule has 0 amide bonds. The Morgan fingerprint density at radius 2 is 2.00 bits per heavy atom. The van der Waals surface area contributed by atoms with Gasteiger partial charge in [-0.1, -0.05) is 23.7 Å². The van der Waals surface area contributed by atoms with Crippen LogP contribution in [0.15, 0.2) is 55.1 Å². The van der Waals surface area contributed by atoms with Gasteiger partial charge in [0.1, 0.15) is 11.0 Å². The van der Waals surface area contributed by atoms with Crippen molar-refractivity contribution >= 4 is 17.4 Å². The Labute approximate surface area is 121 Å². The fraction of sp³-hybridized carbons (Fsp3) is 0.0714. The second-order valence-electron chi connectivity index (χ2n) is 4.20. The van der Waals surface area contributed by atoms with Crippen molar-refractivity contribution in [2.45, 2.75) is 6.54 Å². The Bertz CT molecular complexity index is 679. The summed E-state index contributed by atoms with van der Waals surface area (Å²) >= 11 is 5.78. The van der Waals surface area contributed by atoms with Crippen molar-refractivity contribution < 1.29 is 0 Å². The molecule has 2 heterocycles. The van der Waals surface area contributed by atoms with Crippen LogP contribution in [0, 0.1) is 0 Å². The van der Waals surface area contributed by atoms with Crippen molar-refractivity contribution in [3.05, 3.63) is 65.8 Å². The normalized spacial score (nSPS) is 10.4. The van der Waals surface area contributed by atoms with Crippen LogP contribution in [0.4, 0.5) is 5.82 Å². The molecule has 0 saturated heterocycles. The molecule has 3 rings (SSSR count). The molecule has 0 unspecified atom stereocenters. The van der Waals surface area contributed by atoms with Crippen LogP contribution in [0.25, 0.3) is 5.69 Å². The minimum atomic E-state index is 0.379. The van der Waals surface area contributed by atoms with Crippen molar-refractivity contribution in [3.8, 4) is 5.69 Å². The molecule has 0 spiro atoms. The second-order valence-corrected chi connectivity index (χ2v) is 4.58. The number of aromatic nitrogens is 4. The van der Waals surface area contributed by atoms with Crippen molar-refractivity contribution in [1.82, 2.24) is 19.7 Å². The fourth-order valence-corrected chi connectivity index (χ4v) is 1.96. The van der Waals surface area contributed by atoms with Gasteiger partial charge in [0.15, 0.2) is 0 Å². The zero-order valence-electron chi connectivity index (χ0n) is 10.6. The first-order valence-corrected chi connectivity index (χ1v) is 6.49. The molecule has 0 fully saturated rings. The predicted octanol–water partition coefficient (Wildman–Crippen LogP) is 2.93. The molecule has 6 heteroatoms. The first kappa shape index (κ1) is 12.6. The summed E-state index contributed by atoms with van der Waals surface area (Å²) in [6.45, 7) is 0.661. The molecule has 0 radical (unpaired) electrons. The van der Waals surface area contributed by atoms with Gasteiger partial charge in [0.25, 0.3) is 0 Å². The van der Waals surface area contributed by atoms with Gasteiger partial charge in [0.05, 0.1) is 18.1 Å². The highest BCUT2D eigenvalue weighted by Gasteiger charge is 1.99. The topological polar surface area (TPSA) is 55.6 Å². The first-order chi connectivity index (χ1) is 9.81. The number of nitrogens with one attached hydrogen (secondary N) is 1. The smallest absolute Gasteiger partial charge is 0.149 e. The Morgan fingerprint density at radius 1 is 1.15 bits per heavy atom. The first-order valence-electron chi connectivity index (χ1n) is 6.12. The van der Waals surface area contributed by atoms with Crippen LogP contribution in [0.5, 0.6) is 0 Å². The van der Waals surface area contributed by atoms with E-state index in [-0.39, 0.29) is 0 Å². The highest BCUT2D eigenvalue weighted by Crippen LogP contribution is 2.11. The van der Waals surface area contributed by atoms with Gasteiger partial charge in [0, 0.05) is 18.9 Å². The minimum Gasteiger partial charge on any atom is -0.365 e. The van der Waals surface area contributed by atoms with Gasteiger partial charge in [-0.2, -0.15) is 5.10 Å². The molecule has 0 aliphatic heterocycles. The summed E-state index contributed by atoms with van der Waals surface area (Å²) < 4.78 is 1.82. The Hall–Kier alpha value is -2.40. The summed E-state index contributed by atoms with van der Waals surface area (Å²) in [6, 6.07) is 10.0. The van der Waals surface area contributed by atoms with Gasteiger partial charge >= 0.3 is 0 Å². The van der Waals surface area contributed by atoms with Gasteiger partial charge < -0.3 is 5.32 Å². The summed E-state index contributed by atoms with van der Waals surface area (Å²) in [5.74, 6) is 0.661. The van der Waals surface area contributed by atoms with E-state index in [1.165, 1.54) is 6.20 Å². The Morgan fingerprint density at radius 3 is 2.70 bits per heavy atom. The van der Waals surface area contributed by atoms with E-state index in [1.807, 2.05) is 41.2 Å². The van der Waals surface area contributed by atoms with Crippen LogP contribution >= 0.6 is 11.6 Å². The average molecular weight is 286 g/mol. The lowest BCUT2D eigenvalue weighted by molar-refractivity contribution is 0.879. The molecule has 5 nitrogen and oxygen atoms in total. The molecular weight excluding hydrogens is 274 g/mol. The third-order valence-corrected chi connectivity index (χ3v) is 2.97. The maximum atomic E-state index is 5.78.